The van der Waals surface area contributed by atoms with Crippen LogP contribution in [-0.2, 0) is 14.8 Å². The van der Waals surface area contributed by atoms with Crippen molar-refractivity contribution in [2.45, 2.75) is 31.5 Å². The van der Waals surface area contributed by atoms with E-state index in [1.165, 1.54) is 33.2 Å². The van der Waals surface area contributed by atoms with Crippen LogP contribution in [0.1, 0.15) is 12.5 Å². The summed E-state index contributed by atoms with van der Waals surface area (Å²) in [5.74, 6) is 3.97. The van der Waals surface area contributed by atoms with E-state index in [1.807, 2.05) is 0 Å². The van der Waals surface area contributed by atoms with Gasteiger partial charge in [-0.3, -0.25) is 4.79 Å². The SMILES string of the molecule is CC(=O)NCCNc1nc(Nc2ccc(S(=O)(=O)N(C)C)cc2)ncc1C#C[Si](C)(C)C. The van der Waals surface area contributed by atoms with Crippen LogP contribution in [0.25, 0.3) is 0 Å². The molecule has 9 nitrogen and oxygen atoms in total. The minimum Gasteiger partial charge on any atom is -0.367 e. The normalized spacial score (nSPS) is 11.5. The van der Waals surface area contributed by atoms with Gasteiger partial charge in [-0.05, 0) is 24.3 Å². The highest BCUT2D eigenvalue weighted by molar-refractivity contribution is 7.89. The molecule has 11 heteroatoms. The van der Waals surface area contributed by atoms with Gasteiger partial charge in [0.2, 0.25) is 21.9 Å². The Labute approximate surface area is 191 Å². The van der Waals surface area contributed by atoms with Crippen LogP contribution in [-0.4, -0.2) is 63.9 Å². The lowest BCUT2D eigenvalue weighted by Crippen LogP contribution is -2.26. The van der Waals surface area contributed by atoms with Gasteiger partial charge >= 0.3 is 0 Å². The molecule has 0 spiro atoms. The van der Waals surface area contributed by atoms with Crippen LogP contribution in [0.2, 0.25) is 19.6 Å². The van der Waals surface area contributed by atoms with Crippen molar-refractivity contribution < 1.29 is 13.2 Å². The highest BCUT2D eigenvalue weighted by Gasteiger charge is 2.16. The highest BCUT2D eigenvalue weighted by Crippen LogP contribution is 2.20. The van der Waals surface area contributed by atoms with Crippen LogP contribution in [0.3, 0.4) is 0 Å². The van der Waals surface area contributed by atoms with Gasteiger partial charge in [0.25, 0.3) is 0 Å². The molecule has 0 fully saturated rings. The fourth-order valence-electron chi connectivity index (χ4n) is 2.39. The monoisotopic (exact) mass is 474 g/mol. The number of nitrogens with zero attached hydrogens (tertiary/aromatic N) is 3. The lowest BCUT2D eigenvalue weighted by Gasteiger charge is -2.13. The number of amides is 1. The van der Waals surface area contributed by atoms with E-state index in [9.17, 15) is 13.2 Å². The van der Waals surface area contributed by atoms with Gasteiger partial charge in [0.1, 0.15) is 13.9 Å². The highest BCUT2D eigenvalue weighted by atomic mass is 32.2. The lowest BCUT2D eigenvalue weighted by molar-refractivity contribution is -0.118. The first-order chi connectivity index (χ1) is 14.9. The summed E-state index contributed by atoms with van der Waals surface area (Å²) in [5, 5.41) is 9.00. The zero-order valence-electron chi connectivity index (χ0n) is 19.3. The van der Waals surface area contributed by atoms with E-state index in [0.29, 0.717) is 36.1 Å². The van der Waals surface area contributed by atoms with E-state index in [-0.39, 0.29) is 10.8 Å². The number of benzene rings is 1. The topological polar surface area (TPSA) is 116 Å². The third-order valence-electron chi connectivity index (χ3n) is 4.04. The van der Waals surface area contributed by atoms with Gasteiger partial charge < -0.3 is 16.0 Å². The molecule has 32 heavy (non-hydrogen) atoms. The van der Waals surface area contributed by atoms with Gasteiger partial charge in [-0.2, -0.15) is 4.98 Å². The quantitative estimate of drug-likeness (QED) is 0.305. The fourth-order valence-corrected chi connectivity index (χ4v) is 3.80. The lowest BCUT2D eigenvalue weighted by atomic mass is 10.3. The predicted octanol–water partition coefficient (Wildman–Crippen LogP) is 2.25. The van der Waals surface area contributed by atoms with E-state index in [1.54, 1.807) is 18.3 Å². The van der Waals surface area contributed by atoms with Crippen LogP contribution in [0, 0.1) is 11.5 Å². The molecule has 1 amide bonds. The summed E-state index contributed by atoms with van der Waals surface area (Å²) in [6.07, 6.45) is 1.65. The number of anilines is 3. The molecular formula is C21H30N6O3SSi. The van der Waals surface area contributed by atoms with Crippen molar-refractivity contribution in [1.82, 2.24) is 19.6 Å². The van der Waals surface area contributed by atoms with Gasteiger partial charge in [-0.1, -0.05) is 25.6 Å². The molecule has 0 saturated heterocycles. The average molecular weight is 475 g/mol. The van der Waals surface area contributed by atoms with Crippen molar-refractivity contribution in [3.8, 4) is 11.5 Å². The summed E-state index contributed by atoms with van der Waals surface area (Å²) in [6, 6.07) is 6.36. The Morgan fingerprint density at radius 3 is 2.34 bits per heavy atom. The van der Waals surface area contributed by atoms with E-state index >= 15 is 0 Å². The maximum absolute atomic E-state index is 12.2. The maximum Gasteiger partial charge on any atom is 0.242 e. The van der Waals surface area contributed by atoms with Crippen molar-refractivity contribution in [2.75, 3.05) is 37.8 Å². The van der Waals surface area contributed by atoms with Gasteiger partial charge in [0, 0.05) is 39.8 Å². The number of aromatic nitrogens is 2. The van der Waals surface area contributed by atoms with E-state index < -0.39 is 18.1 Å². The van der Waals surface area contributed by atoms with Gasteiger partial charge in [-0.15, -0.1) is 5.54 Å². The maximum atomic E-state index is 12.2. The summed E-state index contributed by atoms with van der Waals surface area (Å²) >= 11 is 0. The number of carbonyl (C=O) groups excluding carboxylic acids is 1. The zero-order valence-corrected chi connectivity index (χ0v) is 21.1. The van der Waals surface area contributed by atoms with Gasteiger partial charge in [0.15, 0.2) is 0 Å². The molecule has 0 aliphatic carbocycles. The molecule has 172 valence electrons. The largest absolute Gasteiger partial charge is 0.367 e. The van der Waals surface area contributed by atoms with E-state index in [2.05, 4.69) is 57.0 Å². The van der Waals surface area contributed by atoms with Crippen molar-refractivity contribution in [3.05, 3.63) is 36.0 Å². The number of hydrogen-bond donors (Lipinski definition) is 3. The smallest absolute Gasteiger partial charge is 0.242 e. The van der Waals surface area contributed by atoms with Crippen LogP contribution in [0.4, 0.5) is 17.5 Å². The Hall–Kier alpha value is -2.94. The Kier molecular flexibility index (Phi) is 8.37. The number of nitrogens with one attached hydrogen (secondary N) is 3. The van der Waals surface area contributed by atoms with Crippen molar-refractivity contribution in [3.63, 3.8) is 0 Å². The standard InChI is InChI=1S/C21H30N6O3SSi/c1-16(28)22-12-13-23-20-17(11-14-32(4,5)6)15-24-21(26-20)25-18-7-9-19(10-8-18)31(29,30)27(2)3/h7-10,15H,12-13H2,1-6H3,(H,22,28)(H2,23,24,25,26). The molecule has 2 aromatic rings. The second-order valence-electron chi connectivity index (χ2n) is 8.30. The first kappa shape index (κ1) is 25.3. The molecule has 1 aromatic heterocycles. The molecule has 0 saturated carbocycles. The summed E-state index contributed by atoms with van der Waals surface area (Å²) in [7, 11) is -2.11. The average Bonchev–Trinajstić information content (AvgIpc) is 2.70. The second-order valence-corrected chi connectivity index (χ2v) is 15.2. The summed E-state index contributed by atoms with van der Waals surface area (Å²) in [4.78, 5) is 20.2. The minimum atomic E-state index is -3.49. The molecule has 1 heterocycles. The van der Waals surface area contributed by atoms with Crippen LogP contribution < -0.4 is 16.0 Å². The molecule has 3 N–H and O–H groups in total. The Balaban J connectivity index is 2.25. The number of carbonyl (C=O) groups is 1. The summed E-state index contributed by atoms with van der Waals surface area (Å²) in [5.41, 5.74) is 4.62. The molecule has 0 aliphatic rings. The molecule has 0 aliphatic heterocycles. The number of rotatable bonds is 8. The minimum absolute atomic E-state index is 0.102. The Morgan fingerprint density at radius 1 is 1.12 bits per heavy atom. The predicted molar refractivity (Wildman–Crippen MR) is 130 cm³/mol. The molecule has 0 atom stereocenters. The van der Waals surface area contributed by atoms with Crippen molar-refractivity contribution >= 4 is 41.5 Å². The van der Waals surface area contributed by atoms with Crippen LogP contribution in [0.15, 0.2) is 35.4 Å². The van der Waals surface area contributed by atoms with Crippen molar-refractivity contribution in [2.24, 2.45) is 0 Å². The third-order valence-corrected chi connectivity index (χ3v) is 6.75. The molecule has 1 aromatic carbocycles. The molecule has 2 rings (SSSR count). The fraction of sp³-hybridized carbons (Fsp3) is 0.381. The number of sulfonamides is 1. The Morgan fingerprint density at radius 2 is 1.78 bits per heavy atom. The van der Waals surface area contributed by atoms with Gasteiger partial charge in [-0.25, -0.2) is 17.7 Å². The molecular weight excluding hydrogens is 444 g/mol. The second kappa shape index (κ2) is 10.6. The summed E-state index contributed by atoms with van der Waals surface area (Å²) in [6.45, 7) is 8.86. The van der Waals surface area contributed by atoms with Gasteiger partial charge in [0.05, 0.1) is 16.7 Å². The third kappa shape index (κ3) is 7.63. The molecule has 0 radical (unpaired) electrons. The van der Waals surface area contributed by atoms with Crippen molar-refractivity contribution in [1.29, 1.82) is 0 Å². The molecule has 0 unspecified atom stereocenters. The summed E-state index contributed by atoms with van der Waals surface area (Å²) < 4.78 is 25.6. The van der Waals surface area contributed by atoms with Crippen LogP contribution >= 0.6 is 0 Å². The zero-order chi connectivity index (χ0) is 23.9. The van der Waals surface area contributed by atoms with Crippen LogP contribution in [0.5, 0.6) is 0 Å². The first-order valence-electron chi connectivity index (χ1n) is 10.1. The van der Waals surface area contributed by atoms with E-state index in [4.69, 9.17) is 0 Å². The van der Waals surface area contributed by atoms with E-state index in [0.717, 1.165) is 4.31 Å². The number of hydrogen-bond acceptors (Lipinski definition) is 7. The molecule has 0 bridgehead atoms. The first-order valence-corrected chi connectivity index (χ1v) is 15.0. The Bertz CT molecular complexity index is 1120.